The highest BCUT2D eigenvalue weighted by Crippen LogP contribution is 2.31. The maximum atomic E-state index is 14.9. The third-order valence-electron chi connectivity index (χ3n) is 7.27. The van der Waals surface area contributed by atoms with E-state index in [1.165, 1.54) is 97.8 Å². The van der Waals surface area contributed by atoms with E-state index < -0.39 is 31.7 Å². The van der Waals surface area contributed by atoms with Gasteiger partial charge in [-0.05, 0) is 78.8 Å². The second-order valence-electron chi connectivity index (χ2n) is 10.6. The Kier molecular flexibility index (Phi) is 8.38. The Morgan fingerprint density at radius 1 is 0.630 bits per heavy atom. The summed E-state index contributed by atoms with van der Waals surface area (Å²) in [5.74, 6) is -1.17. The average molecular weight is 660 g/mol. The molecule has 0 saturated carbocycles. The number of pyridine rings is 2. The summed E-state index contributed by atoms with van der Waals surface area (Å²) >= 11 is 0. The van der Waals surface area contributed by atoms with Gasteiger partial charge in [0.25, 0.3) is 20.0 Å². The van der Waals surface area contributed by atoms with Crippen molar-refractivity contribution >= 4 is 20.0 Å². The van der Waals surface area contributed by atoms with Gasteiger partial charge in [0.15, 0.2) is 0 Å². The van der Waals surface area contributed by atoms with Gasteiger partial charge in [-0.25, -0.2) is 33.6 Å². The number of halogens is 2. The molecule has 2 aromatic carbocycles. The molecule has 6 aromatic rings. The van der Waals surface area contributed by atoms with Gasteiger partial charge in [0.2, 0.25) is 0 Å². The molecule has 0 N–H and O–H groups in total. The topological polar surface area (TPSA) is 107 Å². The van der Waals surface area contributed by atoms with Crippen molar-refractivity contribution in [2.75, 3.05) is 7.05 Å². The number of hydrogen-bond acceptors (Lipinski definition) is 7. The van der Waals surface area contributed by atoms with Crippen LogP contribution in [0.5, 0.6) is 0 Å². The molecule has 0 aliphatic carbocycles. The van der Waals surface area contributed by atoms with E-state index in [0.717, 1.165) is 7.94 Å². The molecule has 0 fully saturated rings. The fraction of sp³-hybridized carbons (Fsp3) is 0.0909. The van der Waals surface area contributed by atoms with E-state index in [1.807, 2.05) is 4.90 Å². The third kappa shape index (κ3) is 5.99. The van der Waals surface area contributed by atoms with Crippen LogP contribution in [0.1, 0.15) is 11.1 Å². The van der Waals surface area contributed by atoms with Crippen molar-refractivity contribution in [3.05, 3.63) is 145 Å². The Morgan fingerprint density at radius 3 is 1.41 bits per heavy atom. The van der Waals surface area contributed by atoms with Crippen LogP contribution in [0.4, 0.5) is 8.78 Å². The largest absolute Gasteiger partial charge is 0.298 e. The van der Waals surface area contributed by atoms with Crippen LogP contribution in [0.25, 0.3) is 22.5 Å². The molecule has 0 unspecified atom stereocenters. The molecule has 0 spiro atoms. The lowest BCUT2D eigenvalue weighted by atomic mass is 10.1. The summed E-state index contributed by atoms with van der Waals surface area (Å²) in [6.45, 7) is 0.430. The summed E-state index contributed by atoms with van der Waals surface area (Å²) in [6, 6.07) is 20.8. The van der Waals surface area contributed by atoms with Crippen LogP contribution in [0.2, 0.25) is 0 Å². The van der Waals surface area contributed by atoms with Crippen molar-refractivity contribution in [2.24, 2.45) is 0 Å². The summed E-state index contributed by atoms with van der Waals surface area (Å²) in [7, 11) is -6.49. The van der Waals surface area contributed by atoms with Crippen LogP contribution in [0.15, 0.2) is 132 Å². The summed E-state index contributed by atoms with van der Waals surface area (Å²) in [4.78, 5) is 9.57. The Morgan fingerprint density at radius 2 is 1.04 bits per heavy atom. The normalized spacial score (nSPS) is 12.1. The first-order chi connectivity index (χ1) is 22.1. The van der Waals surface area contributed by atoms with Crippen molar-refractivity contribution in [1.82, 2.24) is 22.8 Å². The Hall–Kier alpha value is -4.98. The monoisotopic (exact) mass is 659 g/mol. The zero-order valence-corrected chi connectivity index (χ0v) is 26.0. The number of hydrogen-bond donors (Lipinski definition) is 0. The van der Waals surface area contributed by atoms with E-state index in [1.54, 1.807) is 31.3 Å². The van der Waals surface area contributed by atoms with Gasteiger partial charge in [-0.3, -0.25) is 14.9 Å². The van der Waals surface area contributed by atoms with Crippen molar-refractivity contribution in [2.45, 2.75) is 22.9 Å². The van der Waals surface area contributed by atoms with Crippen LogP contribution in [0.3, 0.4) is 0 Å². The molecule has 0 aliphatic heterocycles. The number of nitrogens with zero attached hydrogens (tertiary/aromatic N) is 5. The minimum atomic E-state index is -4.13. The second kappa shape index (κ2) is 12.4. The molecule has 234 valence electrons. The summed E-state index contributed by atoms with van der Waals surface area (Å²) in [6.07, 6.45) is 8.24. The van der Waals surface area contributed by atoms with Crippen LogP contribution in [0, 0.1) is 11.6 Å². The summed E-state index contributed by atoms with van der Waals surface area (Å²) in [5.41, 5.74) is 1.61. The molecule has 0 bridgehead atoms. The summed E-state index contributed by atoms with van der Waals surface area (Å²) < 4.78 is 86.5. The standard InChI is InChI=1S/C33H27F2N5O4S2/c1-38(20-24-16-32(28-10-2-4-12-30(28)34)39(22-24)45(41,42)26-8-6-14-36-18-26)21-25-17-33(29-11-3-5-13-31(29)35)40(23-25)46(43,44)27-9-7-15-37-19-27/h2-19,22-23H,20-21H2,1H3. The molecule has 0 amide bonds. The van der Waals surface area contributed by atoms with E-state index in [9.17, 15) is 25.6 Å². The van der Waals surface area contributed by atoms with Gasteiger partial charge in [-0.15, -0.1) is 0 Å². The molecule has 4 aromatic heterocycles. The fourth-order valence-electron chi connectivity index (χ4n) is 5.20. The maximum absolute atomic E-state index is 14.9. The van der Waals surface area contributed by atoms with E-state index >= 15 is 0 Å². The van der Waals surface area contributed by atoms with Crippen LogP contribution < -0.4 is 0 Å². The lowest BCUT2D eigenvalue weighted by Crippen LogP contribution is -2.17. The van der Waals surface area contributed by atoms with Gasteiger partial charge < -0.3 is 0 Å². The first kappa shape index (κ1) is 31.0. The first-order valence-electron chi connectivity index (χ1n) is 14.0. The molecule has 0 saturated heterocycles. The van der Waals surface area contributed by atoms with Gasteiger partial charge in [-0.1, -0.05) is 24.3 Å². The van der Waals surface area contributed by atoms with Crippen LogP contribution in [-0.2, 0) is 33.1 Å². The lowest BCUT2D eigenvalue weighted by molar-refractivity contribution is 0.319. The molecule has 46 heavy (non-hydrogen) atoms. The van der Waals surface area contributed by atoms with Crippen molar-refractivity contribution < 1.29 is 25.6 Å². The highest BCUT2D eigenvalue weighted by molar-refractivity contribution is 7.90. The molecular formula is C33H27F2N5O4S2. The van der Waals surface area contributed by atoms with Crippen molar-refractivity contribution in [3.63, 3.8) is 0 Å². The minimum absolute atomic E-state index is 0.0556. The van der Waals surface area contributed by atoms with E-state index in [2.05, 4.69) is 9.97 Å². The van der Waals surface area contributed by atoms with E-state index in [0.29, 0.717) is 11.1 Å². The first-order valence-corrected chi connectivity index (χ1v) is 16.9. The zero-order chi connectivity index (χ0) is 32.5. The predicted octanol–water partition coefficient (Wildman–Crippen LogP) is 5.80. The highest BCUT2D eigenvalue weighted by atomic mass is 32.2. The molecule has 0 radical (unpaired) electrons. The van der Waals surface area contributed by atoms with Crippen molar-refractivity contribution in [1.29, 1.82) is 0 Å². The number of aromatic nitrogens is 4. The van der Waals surface area contributed by atoms with Gasteiger partial charge >= 0.3 is 0 Å². The second-order valence-corrected chi connectivity index (χ2v) is 14.2. The van der Waals surface area contributed by atoms with Gasteiger partial charge in [0.05, 0.1) is 11.4 Å². The Balaban J connectivity index is 1.36. The van der Waals surface area contributed by atoms with Gasteiger partial charge in [0.1, 0.15) is 21.4 Å². The summed E-state index contributed by atoms with van der Waals surface area (Å²) in [5, 5.41) is 0. The molecule has 6 rings (SSSR count). The zero-order valence-electron chi connectivity index (χ0n) is 24.4. The van der Waals surface area contributed by atoms with Crippen molar-refractivity contribution in [3.8, 4) is 22.5 Å². The lowest BCUT2D eigenvalue weighted by Gasteiger charge is -2.14. The quantitative estimate of drug-likeness (QED) is 0.183. The number of rotatable bonds is 10. The van der Waals surface area contributed by atoms with E-state index in [-0.39, 0.29) is 45.4 Å². The van der Waals surface area contributed by atoms with Gasteiger partial charge in [-0.2, -0.15) is 0 Å². The molecule has 9 nitrogen and oxygen atoms in total. The number of benzene rings is 2. The van der Waals surface area contributed by atoms with Crippen LogP contribution >= 0.6 is 0 Å². The molecule has 0 atom stereocenters. The van der Waals surface area contributed by atoms with Crippen LogP contribution in [-0.4, -0.2) is 46.7 Å². The fourth-order valence-corrected chi connectivity index (χ4v) is 7.91. The SMILES string of the molecule is CN(Cc1cc(-c2ccccc2F)n(S(=O)(=O)c2cccnc2)c1)Cc1cc(-c2ccccc2F)n(S(=O)(=O)c2cccnc2)c1. The molecule has 13 heteroatoms. The molecule has 4 heterocycles. The Labute approximate surface area is 265 Å². The predicted molar refractivity (Wildman–Crippen MR) is 168 cm³/mol. The molecule has 0 aliphatic rings. The molecular weight excluding hydrogens is 633 g/mol. The highest BCUT2D eigenvalue weighted by Gasteiger charge is 2.26. The Bertz CT molecular complexity index is 2080. The van der Waals surface area contributed by atoms with E-state index in [4.69, 9.17) is 0 Å². The smallest absolute Gasteiger partial charge is 0.269 e. The minimum Gasteiger partial charge on any atom is -0.298 e. The maximum Gasteiger partial charge on any atom is 0.269 e. The average Bonchev–Trinajstić information content (AvgIpc) is 3.67. The van der Waals surface area contributed by atoms with Gasteiger partial charge in [0, 0.05) is 61.4 Å². The third-order valence-corrected chi connectivity index (χ3v) is 10.6.